The van der Waals surface area contributed by atoms with Gasteiger partial charge < -0.3 is 4.90 Å². The van der Waals surface area contributed by atoms with Crippen molar-refractivity contribution < 1.29 is 13.2 Å². The number of benzene rings is 1. The highest BCUT2D eigenvalue weighted by Crippen LogP contribution is 2.30. The summed E-state index contributed by atoms with van der Waals surface area (Å²) in [5.41, 5.74) is 3.25. The van der Waals surface area contributed by atoms with Gasteiger partial charge in [-0.1, -0.05) is 24.3 Å². The number of sulfonamides is 1. The number of fused-ring (bicyclic) bond motifs is 2. The highest BCUT2D eigenvalue weighted by atomic mass is 32.2. The van der Waals surface area contributed by atoms with Gasteiger partial charge >= 0.3 is 0 Å². The van der Waals surface area contributed by atoms with Gasteiger partial charge in [-0.05, 0) is 47.9 Å². The Kier molecular flexibility index (Phi) is 4.62. The van der Waals surface area contributed by atoms with E-state index in [0.29, 0.717) is 19.5 Å². The van der Waals surface area contributed by atoms with Crippen molar-refractivity contribution in [1.82, 2.24) is 9.21 Å². The van der Waals surface area contributed by atoms with E-state index in [4.69, 9.17) is 0 Å². The normalized spacial score (nSPS) is 20.5. The standard InChI is InChI=1S/C19H22N2O3S2/c1-2-26(23,24)21-13-15-6-4-3-5-14(15)11-17(21)19(22)20-9-7-18-16(12-20)8-10-25-18/h3-6,8,10,17H,2,7,9,11-13H2,1H3/t17-/m1/s1. The Balaban J connectivity index is 1.65. The van der Waals surface area contributed by atoms with Crippen LogP contribution < -0.4 is 0 Å². The molecule has 26 heavy (non-hydrogen) atoms. The minimum absolute atomic E-state index is 0.00757. The van der Waals surface area contributed by atoms with Gasteiger partial charge in [0, 0.05) is 24.5 Å². The highest BCUT2D eigenvalue weighted by molar-refractivity contribution is 7.89. The van der Waals surface area contributed by atoms with E-state index in [1.165, 1.54) is 14.7 Å². The molecule has 4 rings (SSSR count). The molecule has 0 unspecified atom stereocenters. The third kappa shape index (κ3) is 3.08. The molecule has 5 nitrogen and oxygen atoms in total. The van der Waals surface area contributed by atoms with Crippen molar-refractivity contribution in [2.75, 3.05) is 12.3 Å². The largest absolute Gasteiger partial charge is 0.337 e. The minimum Gasteiger partial charge on any atom is -0.337 e. The lowest BCUT2D eigenvalue weighted by atomic mass is 9.94. The van der Waals surface area contributed by atoms with Crippen LogP contribution >= 0.6 is 11.3 Å². The van der Waals surface area contributed by atoms with Crippen LogP contribution in [0.5, 0.6) is 0 Å². The second kappa shape index (κ2) is 6.79. The lowest BCUT2D eigenvalue weighted by Gasteiger charge is -2.38. The third-order valence-corrected chi connectivity index (χ3v) is 8.18. The first-order chi connectivity index (χ1) is 12.5. The average molecular weight is 391 g/mol. The topological polar surface area (TPSA) is 57.7 Å². The van der Waals surface area contributed by atoms with Crippen molar-refractivity contribution in [3.05, 3.63) is 57.3 Å². The molecule has 0 fully saturated rings. The van der Waals surface area contributed by atoms with E-state index in [-0.39, 0.29) is 18.2 Å². The average Bonchev–Trinajstić information content (AvgIpc) is 3.14. The van der Waals surface area contributed by atoms with Gasteiger partial charge in [0.1, 0.15) is 6.04 Å². The van der Waals surface area contributed by atoms with Crippen LogP contribution in [0.25, 0.3) is 0 Å². The van der Waals surface area contributed by atoms with Crippen molar-refractivity contribution in [2.24, 2.45) is 0 Å². The number of carbonyl (C=O) groups excluding carboxylic acids is 1. The van der Waals surface area contributed by atoms with E-state index in [1.807, 2.05) is 29.2 Å². The molecule has 2 aromatic rings. The summed E-state index contributed by atoms with van der Waals surface area (Å²) in [6, 6.07) is 9.24. The van der Waals surface area contributed by atoms with E-state index in [0.717, 1.165) is 17.5 Å². The van der Waals surface area contributed by atoms with Gasteiger partial charge in [-0.3, -0.25) is 4.79 Å². The van der Waals surface area contributed by atoms with E-state index in [1.54, 1.807) is 18.3 Å². The van der Waals surface area contributed by atoms with Crippen molar-refractivity contribution in [1.29, 1.82) is 0 Å². The predicted molar refractivity (Wildman–Crippen MR) is 102 cm³/mol. The maximum absolute atomic E-state index is 13.3. The first-order valence-electron chi connectivity index (χ1n) is 8.90. The number of amides is 1. The smallest absolute Gasteiger partial charge is 0.241 e. The SMILES string of the molecule is CCS(=O)(=O)N1Cc2ccccc2C[C@@H]1C(=O)N1CCc2sccc2C1. The monoisotopic (exact) mass is 390 g/mol. The number of hydrogen-bond acceptors (Lipinski definition) is 4. The van der Waals surface area contributed by atoms with E-state index in [9.17, 15) is 13.2 Å². The maximum atomic E-state index is 13.3. The van der Waals surface area contributed by atoms with Crippen molar-refractivity contribution >= 4 is 27.3 Å². The van der Waals surface area contributed by atoms with Crippen LogP contribution in [0.1, 0.15) is 28.5 Å². The zero-order valence-electron chi connectivity index (χ0n) is 14.7. The van der Waals surface area contributed by atoms with Gasteiger partial charge in [-0.25, -0.2) is 8.42 Å². The minimum atomic E-state index is -3.46. The fourth-order valence-electron chi connectivity index (χ4n) is 3.81. The van der Waals surface area contributed by atoms with Crippen LogP contribution in [0.2, 0.25) is 0 Å². The second-order valence-corrected chi connectivity index (χ2v) is 10.0. The Labute approximate surface area is 158 Å². The molecule has 3 heterocycles. The Morgan fingerprint density at radius 1 is 1.15 bits per heavy atom. The first-order valence-corrected chi connectivity index (χ1v) is 11.4. The number of nitrogens with zero attached hydrogens (tertiary/aromatic N) is 2. The zero-order chi connectivity index (χ0) is 18.3. The van der Waals surface area contributed by atoms with Crippen LogP contribution in [0.15, 0.2) is 35.7 Å². The molecular weight excluding hydrogens is 368 g/mol. The molecule has 0 N–H and O–H groups in total. The third-order valence-electron chi connectivity index (χ3n) is 5.33. The molecule has 2 aliphatic rings. The molecule has 1 aromatic heterocycles. The molecule has 0 aliphatic carbocycles. The van der Waals surface area contributed by atoms with Gasteiger partial charge in [0.15, 0.2) is 0 Å². The van der Waals surface area contributed by atoms with Gasteiger partial charge in [0.2, 0.25) is 15.9 Å². The molecule has 0 saturated carbocycles. The lowest BCUT2D eigenvalue weighted by Crippen LogP contribution is -2.54. The van der Waals surface area contributed by atoms with Gasteiger partial charge in [0.25, 0.3) is 0 Å². The zero-order valence-corrected chi connectivity index (χ0v) is 16.4. The fraction of sp³-hybridized carbons (Fsp3) is 0.421. The summed E-state index contributed by atoms with van der Waals surface area (Å²) < 4.78 is 26.8. The fourth-order valence-corrected chi connectivity index (χ4v) is 5.92. The van der Waals surface area contributed by atoms with Crippen LogP contribution in [0.4, 0.5) is 0 Å². The number of rotatable bonds is 3. The second-order valence-electron chi connectivity index (χ2n) is 6.81. The molecule has 1 aromatic carbocycles. The molecule has 0 radical (unpaired) electrons. The summed E-state index contributed by atoms with van der Waals surface area (Å²) in [4.78, 5) is 16.5. The first kappa shape index (κ1) is 17.7. The van der Waals surface area contributed by atoms with Crippen LogP contribution in [-0.4, -0.2) is 41.9 Å². The van der Waals surface area contributed by atoms with Crippen LogP contribution in [-0.2, 0) is 40.7 Å². The predicted octanol–water partition coefficient (Wildman–Crippen LogP) is 2.41. The molecule has 1 amide bonds. The Morgan fingerprint density at radius 3 is 2.69 bits per heavy atom. The number of carbonyl (C=O) groups is 1. The van der Waals surface area contributed by atoms with Crippen LogP contribution in [0, 0.1) is 0 Å². The molecule has 0 saturated heterocycles. The molecule has 138 valence electrons. The summed E-state index contributed by atoms with van der Waals surface area (Å²) in [6.45, 7) is 3.15. The Hall–Kier alpha value is -1.70. The van der Waals surface area contributed by atoms with E-state index in [2.05, 4.69) is 11.4 Å². The molecule has 1 atom stereocenters. The number of thiophene rings is 1. The summed E-state index contributed by atoms with van der Waals surface area (Å²) >= 11 is 1.73. The Bertz CT molecular complexity index is 936. The lowest BCUT2D eigenvalue weighted by molar-refractivity contribution is -0.136. The number of hydrogen-bond donors (Lipinski definition) is 0. The molecule has 0 spiro atoms. The van der Waals surface area contributed by atoms with Crippen molar-refractivity contribution in [3.63, 3.8) is 0 Å². The van der Waals surface area contributed by atoms with Crippen molar-refractivity contribution in [3.8, 4) is 0 Å². The van der Waals surface area contributed by atoms with Crippen molar-refractivity contribution in [2.45, 2.75) is 38.9 Å². The highest BCUT2D eigenvalue weighted by Gasteiger charge is 2.40. The molecular formula is C19H22N2O3S2. The summed E-state index contributed by atoms with van der Waals surface area (Å²) in [5, 5.41) is 2.06. The van der Waals surface area contributed by atoms with Gasteiger partial charge in [-0.15, -0.1) is 11.3 Å². The molecule has 2 aliphatic heterocycles. The van der Waals surface area contributed by atoms with Gasteiger partial charge in [-0.2, -0.15) is 4.31 Å². The van der Waals surface area contributed by atoms with E-state index >= 15 is 0 Å². The quantitative estimate of drug-likeness (QED) is 0.809. The van der Waals surface area contributed by atoms with Gasteiger partial charge in [0.05, 0.1) is 5.75 Å². The Morgan fingerprint density at radius 2 is 1.92 bits per heavy atom. The molecule has 0 bridgehead atoms. The summed E-state index contributed by atoms with van der Waals surface area (Å²) in [5.74, 6) is -0.0680. The maximum Gasteiger partial charge on any atom is 0.241 e. The summed E-state index contributed by atoms with van der Waals surface area (Å²) in [6.07, 6.45) is 1.30. The van der Waals surface area contributed by atoms with E-state index < -0.39 is 16.1 Å². The van der Waals surface area contributed by atoms with Crippen LogP contribution in [0.3, 0.4) is 0 Å². The molecule has 7 heteroatoms. The summed E-state index contributed by atoms with van der Waals surface area (Å²) in [7, 11) is -3.46.